The van der Waals surface area contributed by atoms with Gasteiger partial charge in [-0.05, 0) is 17.7 Å². The molecule has 18 heavy (non-hydrogen) atoms. The Morgan fingerprint density at radius 2 is 2.22 bits per heavy atom. The third-order valence-electron chi connectivity index (χ3n) is 2.44. The third kappa shape index (κ3) is 3.53. The first-order valence-electron chi connectivity index (χ1n) is 5.67. The zero-order chi connectivity index (χ0) is 13.0. The van der Waals surface area contributed by atoms with Crippen molar-refractivity contribution in [2.24, 2.45) is 7.05 Å². The summed E-state index contributed by atoms with van der Waals surface area (Å²) in [6, 6.07) is 4.02. The van der Waals surface area contributed by atoms with Crippen LogP contribution in [0.3, 0.4) is 0 Å². The summed E-state index contributed by atoms with van der Waals surface area (Å²) in [7, 11) is 1.82. The quantitative estimate of drug-likeness (QED) is 0.777. The van der Waals surface area contributed by atoms with Gasteiger partial charge in [0.15, 0.2) is 5.82 Å². The Hall–Kier alpha value is -1.95. The summed E-state index contributed by atoms with van der Waals surface area (Å²) in [5.74, 6) is 0.281. The van der Waals surface area contributed by atoms with Crippen LogP contribution in [0.15, 0.2) is 24.5 Å². The molecule has 0 amide bonds. The molecule has 2 rings (SSSR count). The average molecular weight is 250 g/mol. The van der Waals surface area contributed by atoms with Crippen molar-refractivity contribution in [3.63, 3.8) is 0 Å². The highest BCUT2D eigenvalue weighted by Crippen LogP contribution is 2.14. The fraction of sp³-hybridized carbons (Fsp3) is 0.333. The van der Waals surface area contributed by atoms with E-state index in [0.29, 0.717) is 25.1 Å². The molecule has 0 unspecified atom stereocenters. The number of benzene rings is 1. The van der Waals surface area contributed by atoms with Gasteiger partial charge in [-0.25, -0.2) is 9.37 Å². The van der Waals surface area contributed by atoms with Crippen LogP contribution < -0.4 is 5.32 Å². The molecule has 5 nitrogen and oxygen atoms in total. The van der Waals surface area contributed by atoms with Gasteiger partial charge in [-0.15, -0.1) is 0 Å². The zero-order valence-electron chi connectivity index (χ0n) is 10.1. The van der Waals surface area contributed by atoms with Gasteiger partial charge >= 0.3 is 0 Å². The number of aryl methyl sites for hydroxylation is 1. The van der Waals surface area contributed by atoms with Crippen LogP contribution in [-0.4, -0.2) is 26.4 Å². The summed E-state index contributed by atoms with van der Waals surface area (Å²) < 4.78 is 14.6. The summed E-state index contributed by atoms with van der Waals surface area (Å²) in [6.07, 6.45) is 2.36. The lowest BCUT2D eigenvalue weighted by Gasteiger charge is -2.04. The van der Waals surface area contributed by atoms with Crippen molar-refractivity contribution in [1.29, 1.82) is 0 Å². The van der Waals surface area contributed by atoms with Crippen LogP contribution >= 0.6 is 0 Å². The Bertz CT molecular complexity index is 506. The molecule has 0 atom stereocenters. The standard InChI is InChI=1S/C12H15FN4O/c1-17-8-15-12(16-17)2-3-14-7-9-4-10(13)6-11(18)5-9/h4-6,8,14,18H,2-3,7H2,1H3. The van der Waals surface area contributed by atoms with E-state index in [1.165, 1.54) is 12.1 Å². The SMILES string of the molecule is Cn1cnc(CCNCc2cc(O)cc(F)c2)n1. The molecule has 1 aromatic carbocycles. The lowest BCUT2D eigenvalue weighted by Crippen LogP contribution is -2.17. The molecule has 0 fully saturated rings. The van der Waals surface area contributed by atoms with Crippen LogP contribution in [0.2, 0.25) is 0 Å². The van der Waals surface area contributed by atoms with Gasteiger partial charge < -0.3 is 10.4 Å². The molecule has 2 aromatic rings. The molecular formula is C12H15FN4O. The van der Waals surface area contributed by atoms with Crippen LogP contribution in [0, 0.1) is 5.82 Å². The average Bonchev–Trinajstić information content (AvgIpc) is 2.69. The van der Waals surface area contributed by atoms with Gasteiger partial charge in [-0.1, -0.05) is 0 Å². The molecule has 0 aliphatic heterocycles. The van der Waals surface area contributed by atoms with Crippen molar-refractivity contribution < 1.29 is 9.50 Å². The molecule has 0 saturated carbocycles. The van der Waals surface area contributed by atoms with Crippen molar-refractivity contribution >= 4 is 0 Å². The predicted octanol–water partition coefficient (Wildman–Crippen LogP) is 0.992. The number of nitrogens with zero attached hydrogens (tertiary/aromatic N) is 3. The molecule has 0 bridgehead atoms. The summed E-state index contributed by atoms with van der Waals surface area (Å²) in [6.45, 7) is 1.19. The normalized spacial score (nSPS) is 10.8. The molecule has 0 aliphatic carbocycles. The van der Waals surface area contributed by atoms with Gasteiger partial charge in [0.05, 0.1) is 0 Å². The van der Waals surface area contributed by atoms with Crippen molar-refractivity contribution in [3.05, 3.63) is 41.7 Å². The Labute approximate surface area is 104 Å². The summed E-state index contributed by atoms with van der Waals surface area (Å²) >= 11 is 0. The minimum Gasteiger partial charge on any atom is -0.508 e. The van der Waals surface area contributed by atoms with Crippen LogP contribution in [0.1, 0.15) is 11.4 Å². The first-order valence-corrected chi connectivity index (χ1v) is 5.67. The molecule has 1 heterocycles. The molecule has 0 aliphatic rings. The number of hydrogen-bond acceptors (Lipinski definition) is 4. The van der Waals surface area contributed by atoms with Gasteiger partial charge in [0.2, 0.25) is 0 Å². The number of phenolic OH excluding ortho intramolecular Hbond substituents is 1. The number of halogens is 1. The Morgan fingerprint density at radius 1 is 1.39 bits per heavy atom. The lowest BCUT2D eigenvalue weighted by molar-refractivity contribution is 0.467. The van der Waals surface area contributed by atoms with E-state index in [2.05, 4.69) is 15.4 Å². The highest BCUT2D eigenvalue weighted by molar-refractivity contribution is 5.28. The van der Waals surface area contributed by atoms with Gasteiger partial charge in [0.25, 0.3) is 0 Å². The first kappa shape index (κ1) is 12.5. The topological polar surface area (TPSA) is 63.0 Å². The maximum atomic E-state index is 13.0. The number of rotatable bonds is 5. The van der Waals surface area contributed by atoms with E-state index >= 15 is 0 Å². The van der Waals surface area contributed by atoms with Crippen LogP contribution in [-0.2, 0) is 20.0 Å². The van der Waals surface area contributed by atoms with Gasteiger partial charge in [-0.2, -0.15) is 5.10 Å². The van der Waals surface area contributed by atoms with Gasteiger partial charge in [0.1, 0.15) is 17.9 Å². The highest BCUT2D eigenvalue weighted by atomic mass is 19.1. The van der Waals surface area contributed by atoms with Crippen molar-refractivity contribution in [3.8, 4) is 5.75 Å². The van der Waals surface area contributed by atoms with E-state index in [9.17, 15) is 9.50 Å². The zero-order valence-corrected chi connectivity index (χ0v) is 10.1. The van der Waals surface area contributed by atoms with E-state index in [4.69, 9.17) is 0 Å². The van der Waals surface area contributed by atoms with E-state index in [1.54, 1.807) is 11.0 Å². The second-order valence-corrected chi connectivity index (χ2v) is 4.08. The van der Waals surface area contributed by atoms with Crippen LogP contribution in [0.25, 0.3) is 0 Å². The molecule has 1 aromatic heterocycles. The summed E-state index contributed by atoms with van der Waals surface area (Å²) in [5, 5.41) is 16.5. The fourth-order valence-corrected chi connectivity index (χ4v) is 1.67. The number of aromatic nitrogens is 3. The number of nitrogens with one attached hydrogen (secondary N) is 1. The fourth-order valence-electron chi connectivity index (χ4n) is 1.67. The van der Waals surface area contributed by atoms with E-state index < -0.39 is 5.82 Å². The maximum Gasteiger partial charge on any atom is 0.151 e. The van der Waals surface area contributed by atoms with Crippen molar-refractivity contribution in [2.45, 2.75) is 13.0 Å². The number of hydrogen-bond donors (Lipinski definition) is 2. The monoisotopic (exact) mass is 250 g/mol. The Morgan fingerprint density at radius 3 is 2.89 bits per heavy atom. The second kappa shape index (κ2) is 5.59. The minimum absolute atomic E-state index is 0.0572. The second-order valence-electron chi connectivity index (χ2n) is 4.08. The molecule has 6 heteroatoms. The molecule has 0 radical (unpaired) electrons. The molecule has 0 spiro atoms. The van der Waals surface area contributed by atoms with Crippen molar-refractivity contribution in [2.75, 3.05) is 6.54 Å². The molecule has 96 valence electrons. The Balaban J connectivity index is 1.78. The summed E-state index contributed by atoms with van der Waals surface area (Å²) in [5.41, 5.74) is 0.710. The lowest BCUT2D eigenvalue weighted by atomic mass is 10.2. The highest BCUT2D eigenvalue weighted by Gasteiger charge is 2.01. The van der Waals surface area contributed by atoms with Crippen LogP contribution in [0.5, 0.6) is 5.75 Å². The first-order chi connectivity index (χ1) is 8.63. The smallest absolute Gasteiger partial charge is 0.151 e. The maximum absolute atomic E-state index is 13.0. The van der Waals surface area contributed by atoms with E-state index in [-0.39, 0.29) is 5.75 Å². The number of aromatic hydroxyl groups is 1. The molecule has 2 N–H and O–H groups in total. The largest absolute Gasteiger partial charge is 0.508 e. The van der Waals surface area contributed by atoms with E-state index in [1.807, 2.05) is 7.05 Å². The van der Waals surface area contributed by atoms with Gasteiger partial charge in [-0.3, -0.25) is 4.68 Å². The molecule has 0 saturated heterocycles. The minimum atomic E-state index is -0.432. The number of phenols is 1. The van der Waals surface area contributed by atoms with Gasteiger partial charge in [0, 0.05) is 32.6 Å². The van der Waals surface area contributed by atoms with Crippen molar-refractivity contribution in [1.82, 2.24) is 20.1 Å². The predicted molar refractivity (Wildman–Crippen MR) is 64.5 cm³/mol. The molecular weight excluding hydrogens is 235 g/mol. The third-order valence-corrected chi connectivity index (χ3v) is 2.44. The summed E-state index contributed by atoms with van der Waals surface area (Å²) in [4.78, 5) is 4.10. The Kier molecular flexibility index (Phi) is 3.88. The van der Waals surface area contributed by atoms with Crippen LogP contribution in [0.4, 0.5) is 4.39 Å². The van der Waals surface area contributed by atoms with E-state index in [0.717, 1.165) is 11.9 Å².